The van der Waals surface area contributed by atoms with Gasteiger partial charge >= 0.3 is 6.09 Å². The number of aryl methyl sites for hydroxylation is 1. The van der Waals surface area contributed by atoms with E-state index in [1.165, 1.54) is 32.4 Å². The van der Waals surface area contributed by atoms with E-state index in [2.05, 4.69) is 11.8 Å². The monoisotopic (exact) mass is 542 g/mol. The quantitative estimate of drug-likeness (QED) is 0.384. The highest BCUT2D eigenvalue weighted by Gasteiger charge is 2.30. The number of nitrogens with zero attached hydrogens (tertiary/aromatic N) is 4. The molecule has 0 radical (unpaired) electrons. The molecule has 2 fully saturated rings. The first-order valence-electron chi connectivity index (χ1n) is 14.7. The summed E-state index contributed by atoms with van der Waals surface area (Å²) in [6, 6.07) is 8.14. The Kier molecular flexibility index (Phi) is 7.47. The number of aliphatic hydroxyl groups excluding tert-OH is 1. The Bertz CT molecular complexity index is 1530. The summed E-state index contributed by atoms with van der Waals surface area (Å²) in [5, 5.41) is 10.8. The third-order valence-electron chi connectivity index (χ3n) is 8.86. The molecule has 2 aromatic heterocycles. The van der Waals surface area contributed by atoms with Crippen LogP contribution in [0.4, 0.5) is 4.79 Å². The van der Waals surface area contributed by atoms with Crippen molar-refractivity contribution in [2.24, 2.45) is 0 Å². The number of amides is 1. The van der Waals surface area contributed by atoms with Crippen LogP contribution >= 0.6 is 0 Å². The molecule has 0 aliphatic carbocycles. The molecule has 0 spiro atoms. The molecule has 0 unspecified atom stereocenters. The lowest BCUT2D eigenvalue weighted by Gasteiger charge is -2.39. The molecule has 8 heteroatoms. The number of ether oxygens (including phenoxy) is 1. The maximum Gasteiger partial charge on any atom is 0.415 e. The van der Waals surface area contributed by atoms with E-state index >= 15 is 0 Å². The number of rotatable bonds is 5. The Morgan fingerprint density at radius 1 is 1.10 bits per heavy atom. The number of fused-ring (bicyclic) bond motifs is 4. The average molecular weight is 543 g/mol. The van der Waals surface area contributed by atoms with Gasteiger partial charge in [-0.15, -0.1) is 0 Å². The first-order chi connectivity index (χ1) is 19.5. The van der Waals surface area contributed by atoms with Gasteiger partial charge in [0.25, 0.3) is 5.56 Å². The molecule has 3 aliphatic heterocycles. The van der Waals surface area contributed by atoms with E-state index in [0.29, 0.717) is 23.9 Å². The maximum atomic E-state index is 13.3. The largest absolute Gasteiger partial charge is 0.415 e. The van der Waals surface area contributed by atoms with E-state index in [0.717, 1.165) is 71.3 Å². The lowest BCUT2D eigenvalue weighted by molar-refractivity contribution is 0.0878. The van der Waals surface area contributed by atoms with Gasteiger partial charge in [0.05, 0.1) is 35.6 Å². The molecule has 1 N–H and O–H groups in total. The Morgan fingerprint density at radius 3 is 2.58 bits per heavy atom. The van der Waals surface area contributed by atoms with E-state index in [9.17, 15) is 14.7 Å². The number of aliphatic hydroxyl groups is 1. The highest BCUT2D eigenvalue weighted by molar-refractivity contribution is 5.89. The molecule has 0 saturated carbocycles. The molecule has 5 heterocycles. The number of carbonyl (C=O) groups excluding carboxylic acids is 1. The Hall–Kier alpha value is -3.49. The highest BCUT2D eigenvalue weighted by Crippen LogP contribution is 2.37. The van der Waals surface area contributed by atoms with Gasteiger partial charge in [0.2, 0.25) is 0 Å². The predicted molar refractivity (Wildman–Crippen MR) is 157 cm³/mol. The van der Waals surface area contributed by atoms with E-state index in [1.807, 2.05) is 48.2 Å². The van der Waals surface area contributed by atoms with Crippen molar-refractivity contribution < 1.29 is 14.6 Å². The van der Waals surface area contributed by atoms with Gasteiger partial charge in [0.1, 0.15) is 5.75 Å². The van der Waals surface area contributed by atoms with Gasteiger partial charge in [0.15, 0.2) is 0 Å². The van der Waals surface area contributed by atoms with E-state index in [1.54, 1.807) is 4.57 Å². The third kappa shape index (κ3) is 4.73. The second-order valence-electron chi connectivity index (χ2n) is 11.1. The number of allylic oxidation sites excluding steroid dienone is 1. The van der Waals surface area contributed by atoms with Crippen molar-refractivity contribution in [2.45, 2.75) is 71.6 Å². The number of hydrogen-bond donors (Lipinski definition) is 1. The summed E-state index contributed by atoms with van der Waals surface area (Å²) in [4.78, 5) is 35.7. The predicted octanol–water partition coefficient (Wildman–Crippen LogP) is 4.96. The second-order valence-corrected chi connectivity index (χ2v) is 11.1. The summed E-state index contributed by atoms with van der Waals surface area (Å²) in [5.74, 6) is 0.512. The topological polar surface area (TPSA) is 87.9 Å². The first-order valence-corrected chi connectivity index (χ1v) is 14.7. The van der Waals surface area contributed by atoms with Crippen molar-refractivity contribution in [1.82, 2.24) is 19.4 Å². The minimum Gasteiger partial charge on any atom is -0.410 e. The molecule has 40 heavy (non-hydrogen) atoms. The number of hydrogen-bond acceptors (Lipinski definition) is 6. The lowest BCUT2D eigenvalue weighted by atomic mass is 9.98. The molecule has 6 rings (SSSR count). The highest BCUT2D eigenvalue weighted by atomic mass is 16.6. The number of benzene rings is 1. The van der Waals surface area contributed by atoms with Crippen LogP contribution in [0.25, 0.3) is 28.4 Å². The average Bonchev–Trinajstić information content (AvgIpc) is 3.35. The minimum atomic E-state index is -0.310. The van der Waals surface area contributed by atoms with Crippen LogP contribution in [0.5, 0.6) is 5.75 Å². The molecule has 8 nitrogen and oxygen atoms in total. The number of likely N-dealkylation sites (tertiary alicyclic amines) is 2. The van der Waals surface area contributed by atoms with Gasteiger partial charge in [-0.3, -0.25) is 4.79 Å². The molecule has 2 saturated heterocycles. The van der Waals surface area contributed by atoms with E-state index < -0.39 is 0 Å². The minimum absolute atomic E-state index is 0.184. The number of piperidine rings is 2. The summed E-state index contributed by atoms with van der Waals surface area (Å²) >= 11 is 0. The first kappa shape index (κ1) is 26.7. The molecule has 0 bridgehead atoms. The normalized spacial score (nSPS) is 17.9. The smallest absolute Gasteiger partial charge is 0.410 e. The number of carbonyl (C=O) groups is 1. The second kappa shape index (κ2) is 11.2. The standard InChI is InChI=1S/C32H38N4O4/c1-3-8-21-17-29-30-26(19-36(29)31(38)27(21)20-37)24(4-2)25-18-23(9-10-28(25)33-30)40-32(39)35-15-11-22(12-16-35)34-13-6-5-7-14-34/h3,8-10,17-18,22,37H,4-7,11-16,19-20H2,1-2H3/b8-3+. The Balaban J connectivity index is 1.25. The summed E-state index contributed by atoms with van der Waals surface area (Å²) in [5.41, 5.74) is 5.41. The van der Waals surface area contributed by atoms with Gasteiger partial charge in [-0.05, 0) is 87.5 Å². The van der Waals surface area contributed by atoms with Crippen molar-refractivity contribution in [2.75, 3.05) is 26.2 Å². The molecule has 3 aliphatic rings. The molecular formula is C32H38N4O4. The van der Waals surface area contributed by atoms with Crippen molar-refractivity contribution in [3.05, 3.63) is 62.9 Å². The molecule has 1 amide bonds. The molecule has 3 aromatic rings. The summed E-state index contributed by atoms with van der Waals surface area (Å²) in [6.45, 7) is 7.90. The van der Waals surface area contributed by atoms with Crippen molar-refractivity contribution in [3.8, 4) is 17.1 Å². The van der Waals surface area contributed by atoms with Gasteiger partial charge in [-0.25, -0.2) is 9.78 Å². The van der Waals surface area contributed by atoms with Gasteiger partial charge < -0.3 is 24.2 Å². The van der Waals surface area contributed by atoms with E-state index in [-0.39, 0.29) is 18.3 Å². The third-order valence-corrected chi connectivity index (χ3v) is 8.86. The maximum absolute atomic E-state index is 13.3. The van der Waals surface area contributed by atoms with Crippen LogP contribution in [0.15, 0.2) is 35.1 Å². The summed E-state index contributed by atoms with van der Waals surface area (Å²) < 4.78 is 7.58. The number of pyridine rings is 2. The fourth-order valence-electron chi connectivity index (χ4n) is 6.77. The van der Waals surface area contributed by atoms with Gasteiger partial charge in [-0.2, -0.15) is 0 Å². The zero-order valence-corrected chi connectivity index (χ0v) is 23.5. The van der Waals surface area contributed by atoms with Crippen molar-refractivity contribution in [1.29, 1.82) is 0 Å². The fraction of sp³-hybridized carbons (Fsp3) is 0.469. The summed E-state index contributed by atoms with van der Waals surface area (Å²) in [6.07, 6.45) is 10.1. The van der Waals surface area contributed by atoms with Crippen LogP contribution in [-0.2, 0) is 19.6 Å². The van der Waals surface area contributed by atoms with Crippen LogP contribution in [0.1, 0.15) is 68.2 Å². The molecule has 0 atom stereocenters. The van der Waals surface area contributed by atoms with Gasteiger partial charge in [-0.1, -0.05) is 25.5 Å². The van der Waals surface area contributed by atoms with Crippen LogP contribution in [-0.4, -0.2) is 62.8 Å². The lowest BCUT2D eigenvalue weighted by Crippen LogP contribution is -2.48. The zero-order chi connectivity index (χ0) is 27.8. The van der Waals surface area contributed by atoms with Crippen LogP contribution in [0.2, 0.25) is 0 Å². The van der Waals surface area contributed by atoms with Gasteiger partial charge in [0, 0.05) is 30.1 Å². The van der Waals surface area contributed by atoms with E-state index in [4.69, 9.17) is 9.72 Å². The molecule has 210 valence electrons. The Morgan fingerprint density at radius 2 is 1.88 bits per heavy atom. The van der Waals surface area contributed by atoms with Crippen LogP contribution in [0.3, 0.4) is 0 Å². The Labute approximate surface area is 234 Å². The molecular weight excluding hydrogens is 504 g/mol. The van der Waals surface area contributed by atoms with Crippen LogP contribution in [0, 0.1) is 0 Å². The SMILES string of the molecule is C/C=C/c1cc2n(c(=O)c1CO)Cc1c-2nc2ccc(OC(=O)N3CCC(N4CCCCC4)CC3)cc2c1CC. The summed E-state index contributed by atoms with van der Waals surface area (Å²) in [7, 11) is 0. The van der Waals surface area contributed by atoms with Crippen molar-refractivity contribution in [3.63, 3.8) is 0 Å². The molecule has 1 aromatic carbocycles. The fourth-order valence-corrected chi connectivity index (χ4v) is 6.77. The van der Waals surface area contributed by atoms with Crippen molar-refractivity contribution >= 4 is 23.1 Å². The number of aromatic nitrogens is 2. The van der Waals surface area contributed by atoms with Crippen LogP contribution < -0.4 is 10.3 Å². The zero-order valence-electron chi connectivity index (χ0n) is 23.5.